The zero-order valence-corrected chi connectivity index (χ0v) is 13.9. The van der Waals surface area contributed by atoms with Gasteiger partial charge in [0, 0.05) is 11.0 Å². The second kappa shape index (κ2) is 6.13. The van der Waals surface area contributed by atoms with Crippen LogP contribution in [0, 0.1) is 0 Å². The van der Waals surface area contributed by atoms with E-state index in [-0.39, 0.29) is 21.5 Å². The van der Waals surface area contributed by atoms with Crippen molar-refractivity contribution in [3.8, 4) is 0 Å². The summed E-state index contributed by atoms with van der Waals surface area (Å²) in [7, 11) is -3.91. The highest BCUT2D eigenvalue weighted by atomic mass is 79.9. The van der Waals surface area contributed by atoms with Crippen LogP contribution in [0.1, 0.15) is 12.8 Å². The molecule has 0 saturated carbocycles. The average molecular weight is 400 g/mol. The van der Waals surface area contributed by atoms with Crippen LogP contribution in [0.25, 0.3) is 0 Å². The summed E-state index contributed by atoms with van der Waals surface area (Å²) >= 11 is 15.2. The lowest BCUT2D eigenvalue weighted by Crippen LogP contribution is -2.34. The monoisotopic (exact) mass is 398 g/mol. The zero-order chi connectivity index (χ0) is 14.9. The van der Waals surface area contributed by atoms with Gasteiger partial charge in [0.15, 0.2) is 0 Å². The van der Waals surface area contributed by atoms with E-state index in [1.165, 1.54) is 18.2 Å². The number of benzene rings is 1. The molecule has 20 heavy (non-hydrogen) atoms. The Labute approximate surface area is 134 Å². The third-order valence-corrected chi connectivity index (χ3v) is 6.18. The maximum Gasteiger partial charge on any atom is 0.247 e. The molecular weight excluding hydrogens is 391 g/mol. The van der Waals surface area contributed by atoms with Crippen molar-refractivity contribution in [1.29, 1.82) is 0 Å². The van der Waals surface area contributed by atoms with Crippen molar-refractivity contribution in [2.75, 3.05) is 6.54 Å². The zero-order valence-electron chi connectivity index (χ0n) is 10.0. The molecule has 1 aromatic rings. The molecule has 1 fully saturated rings. The number of isocyanates is 1. The summed E-state index contributed by atoms with van der Waals surface area (Å²) in [6, 6.07) is 2.91. The minimum atomic E-state index is -3.91. The van der Waals surface area contributed by atoms with Crippen molar-refractivity contribution in [3.05, 3.63) is 26.7 Å². The molecular formula is C11H9BrCl2N2O3S. The van der Waals surface area contributed by atoms with Crippen LogP contribution in [0.3, 0.4) is 0 Å². The van der Waals surface area contributed by atoms with Crippen LogP contribution in [0.2, 0.25) is 10.0 Å². The molecule has 5 nitrogen and oxygen atoms in total. The first-order chi connectivity index (χ1) is 9.37. The molecule has 1 unspecified atom stereocenters. The van der Waals surface area contributed by atoms with Gasteiger partial charge in [-0.25, -0.2) is 13.2 Å². The molecule has 1 heterocycles. The minimum absolute atomic E-state index is 0.0186. The predicted molar refractivity (Wildman–Crippen MR) is 79.2 cm³/mol. The fourth-order valence-electron chi connectivity index (χ4n) is 2.09. The van der Waals surface area contributed by atoms with Gasteiger partial charge in [-0.1, -0.05) is 39.1 Å². The predicted octanol–water partition coefficient (Wildman–Crippen LogP) is 3.20. The Morgan fingerprint density at radius 1 is 1.35 bits per heavy atom. The van der Waals surface area contributed by atoms with E-state index >= 15 is 0 Å². The van der Waals surface area contributed by atoms with Gasteiger partial charge in [-0.2, -0.15) is 9.30 Å². The van der Waals surface area contributed by atoms with Crippen LogP contribution in [-0.4, -0.2) is 31.5 Å². The summed E-state index contributed by atoms with van der Waals surface area (Å²) in [5.41, 5.74) is 0. The summed E-state index contributed by atoms with van der Waals surface area (Å²) in [6.45, 7) is 0.265. The van der Waals surface area contributed by atoms with Gasteiger partial charge >= 0.3 is 0 Å². The van der Waals surface area contributed by atoms with Gasteiger partial charge in [0.25, 0.3) is 0 Å². The molecule has 0 N–H and O–H groups in total. The van der Waals surface area contributed by atoms with E-state index in [9.17, 15) is 13.2 Å². The largest absolute Gasteiger partial charge is 0.247 e. The minimum Gasteiger partial charge on any atom is -0.211 e. The first-order valence-corrected chi connectivity index (χ1v) is 8.60. The smallest absolute Gasteiger partial charge is 0.211 e. The second-order valence-electron chi connectivity index (χ2n) is 4.16. The Morgan fingerprint density at radius 3 is 2.50 bits per heavy atom. The first-order valence-electron chi connectivity index (χ1n) is 5.61. The first kappa shape index (κ1) is 15.9. The Kier molecular flexibility index (Phi) is 4.89. The van der Waals surface area contributed by atoms with Crippen LogP contribution in [-0.2, 0) is 14.8 Å². The Morgan fingerprint density at radius 2 is 1.95 bits per heavy atom. The molecule has 108 valence electrons. The molecule has 0 amide bonds. The fourth-order valence-corrected chi connectivity index (χ4v) is 5.57. The van der Waals surface area contributed by atoms with Crippen LogP contribution >= 0.6 is 39.1 Å². The number of rotatable bonds is 3. The van der Waals surface area contributed by atoms with Crippen molar-refractivity contribution in [2.45, 2.75) is 23.9 Å². The standard InChI is InChI=1S/C11H9BrCl2N2O3S/c12-7-4-8(13)11(9(14)5-7)20(18,19)16-3-1-2-10(16)15-6-17/h4-5,10H,1-3H2. The van der Waals surface area contributed by atoms with E-state index in [2.05, 4.69) is 20.9 Å². The Hall–Kier alpha value is -0.430. The lowest BCUT2D eigenvalue weighted by molar-refractivity contribution is 0.396. The number of nitrogens with zero attached hydrogens (tertiary/aromatic N) is 2. The van der Waals surface area contributed by atoms with Crippen molar-refractivity contribution >= 4 is 55.2 Å². The SMILES string of the molecule is O=C=NC1CCCN1S(=O)(=O)c1c(Cl)cc(Br)cc1Cl. The number of halogens is 3. The number of hydrogen-bond donors (Lipinski definition) is 0. The molecule has 0 spiro atoms. The van der Waals surface area contributed by atoms with Crippen molar-refractivity contribution in [1.82, 2.24) is 4.31 Å². The Balaban J connectivity index is 2.53. The van der Waals surface area contributed by atoms with Gasteiger partial charge < -0.3 is 0 Å². The van der Waals surface area contributed by atoms with Crippen molar-refractivity contribution in [2.24, 2.45) is 4.99 Å². The van der Waals surface area contributed by atoms with E-state index in [1.54, 1.807) is 0 Å². The lowest BCUT2D eigenvalue weighted by Gasteiger charge is -2.21. The molecule has 1 atom stereocenters. The van der Waals surface area contributed by atoms with Crippen LogP contribution in [0.5, 0.6) is 0 Å². The molecule has 1 saturated heterocycles. The van der Waals surface area contributed by atoms with Gasteiger partial charge in [0.05, 0.1) is 10.0 Å². The summed E-state index contributed by atoms with van der Waals surface area (Å²) < 4.78 is 27.0. The fraction of sp³-hybridized carbons (Fsp3) is 0.364. The van der Waals surface area contributed by atoms with Gasteiger partial charge in [0.2, 0.25) is 16.1 Å². The van der Waals surface area contributed by atoms with Crippen LogP contribution in [0.15, 0.2) is 26.5 Å². The molecule has 1 aromatic carbocycles. The molecule has 0 aromatic heterocycles. The molecule has 9 heteroatoms. The van der Waals surface area contributed by atoms with E-state index in [0.717, 1.165) is 4.31 Å². The summed E-state index contributed by atoms with van der Waals surface area (Å²) in [5.74, 6) is 0. The number of aliphatic imine (C=N–C) groups is 1. The maximum atomic E-state index is 12.6. The van der Waals surface area contributed by atoms with E-state index in [0.29, 0.717) is 17.3 Å². The van der Waals surface area contributed by atoms with E-state index < -0.39 is 16.2 Å². The summed E-state index contributed by atoms with van der Waals surface area (Å²) in [6.07, 6.45) is 1.74. The number of sulfonamides is 1. The van der Waals surface area contributed by atoms with E-state index in [4.69, 9.17) is 23.2 Å². The highest BCUT2D eigenvalue weighted by molar-refractivity contribution is 9.10. The second-order valence-corrected chi connectivity index (χ2v) is 7.72. The molecule has 0 aliphatic carbocycles. The topological polar surface area (TPSA) is 66.8 Å². The quantitative estimate of drug-likeness (QED) is 0.578. The maximum absolute atomic E-state index is 12.6. The third-order valence-electron chi connectivity index (χ3n) is 2.90. The van der Waals surface area contributed by atoms with Gasteiger partial charge in [-0.05, 0) is 25.0 Å². The number of carbonyl (C=O) groups excluding carboxylic acids is 1. The molecule has 1 aliphatic heterocycles. The van der Waals surface area contributed by atoms with Gasteiger partial charge in [-0.3, -0.25) is 0 Å². The molecule has 1 aliphatic rings. The highest BCUT2D eigenvalue weighted by Crippen LogP contribution is 2.37. The van der Waals surface area contributed by atoms with Crippen molar-refractivity contribution in [3.63, 3.8) is 0 Å². The van der Waals surface area contributed by atoms with Gasteiger partial charge in [0.1, 0.15) is 11.1 Å². The van der Waals surface area contributed by atoms with E-state index in [1.807, 2.05) is 0 Å². The van der Waals surface area contributed by atoms with Gasteiger partial charge in [-0.15, -0.1) is 0 Å². The number of hydrogen-bond acceptors (Lipinski definition) is 4. The van der Waals surface area contributed by atoms with Crippen LogP contribution in [0.4, 0.5) is 0 Å². The Bertz CT molecular complexity index is 666. The molecule has 0 bridgehead atoms. The third kappa shape index (κ3) is 2.93. The normalized spacial score (nSPS) is 19.9. The lowest BCUT2D eigenvalue weighted by atomic mass is 10.3. The average Bonchev–Trinajstić information content (AvgIpc) is 2.76. The summed E-state index contributed by atoms with van der Waals surface area (Å²) in [4.78, 5) is 13.7. The van der Waals surface area contributed by atoms with Crippen LogP contribution < -0.4 is 0 Å². The highest BCUT2D eigenvalue weighted by Gasteiger charge is 2.37. The van der Waals surface area contributed by atoms with Crippen molar-refractivity contribution < 1.29 is 13.2 Å². The summed E-state index contributed by atoms with van der Waals surface area (Å²) in [5, 5.41) is 0.0372. The molecule has 0 radical (unpaired) electrons. The molecule has 2 rings (SSSR count).